The Balaban J connectivity index is 2.66. The molecule has 0 aromatic carbocycles. The fraction of sp³-hybridized carbons (Fsp3) is 0.222. The Morgan fingerprint density at radius 1 is 1.47 bits per heavy atom. The van der Waals surface area contributed by atoms with Gasteiger partial charge in [0.15, 0.2) is 0 Å². The number of hydrogen-bond donors (Lipinski definition) is 1. The number of nitriles is 1. The van der Waals surface area contributed by atoms with Gasteiger partial charge >= 0.3 is 6.18 Å². The zero-order valence-electron chi connectivity index (χ0n) is 8.36. The van der Waals surface area contributed by atoms with Crippen molar-refractivity contribution >= 4 is 16.9 Å². The first-order chi connectivity index (χ1) is 7.90. The van der Waals surface area contributed by atoms with E-state index in [1.54, 1.807) is 6.07 Å². The number of imidazole rings is 1. The molecule has 17 heavy (non-hydrogen) atoms. The lowest BCUT2D eigenvalue weighted by atomic mass is 10.4. The van der Waals surface area contributed by atoms with E-state index < -0.39 is 12.7 Å². The van der Waals surface area contributed by atoms with E-state index in [0.29, 0.717) is 0 Å². The van der Waals surface area contributed by atoms with Crippen molar-refractivity contribution in [3.8, 4) is 6.07 Å². The zero-order valence-corrected chi connectivity index (χ0v) is 8.36. The van der Waals surface area contributed by atoms with Gasteiger partial charge in [-0.2, -0.15) is 18.4 Å². The number of alkyl halides is 3. The van der Waals surface area contributed by atoms with Gasteiger partial charge in [-0.3, -0.25) is 0 Å². The number of pyridine rings is 1. The molecule has 2 aromatic heterocycles. The number of halogens is 3. The van der Waals surface area contributed by atoms with E-state index in [-0.39, 0.29) is 22.7 Å². The average Bonchev–Trinajstić information content (AvgIpc) is 2.54. The van der Waals surface area contributed by atoms with Gasteiger partial charge in [0, 0.05) is 6.07 Å². The summed E-state index contributed by atoms with van der Waals surface area (Å²) in [6.07, 6.45) is -3.20. The van der Waals surface area contributed by atoms with Crippen molar-refractivity contribution in [2.45, 2.75) is 12.7 Å². The number of nitrogens with zero attached hydrogens (tertiary/aromatic N) is 4. The average molecular weight is 241 g/mol. The molecule has 0 spiro atoms. The summed E-state index contributed by atoms with van der Waals surface area (Å²) in [5.74, 6) is -0.241. The SMILES string of the molecule is N#Cc1nc2cnc(N)cc2n1CC(F)(F)F. The van der Waals surface area contributed by atoms with E-state index in [9.17, 15) is 13.2 Å². The minimum atomic E-state index is -4.43. The molecule has 2 N–H and O–H groups in total. The molecule has 0 aliphatic rings. The van der Waals surface area contributed by atoms with Gasteiger partial charge in [0.1, 0.15) is 23.9 Å². The number of fused-ring (bicyclic) bond motifs is 1. The number of nitrogen functional groups attached to an aromatic ring is 1. The molecule has 0 saturated heterocycles. The van der Waals surface area contributed by atoms with Crippen LogP contribution in [0, 0.1) is 11.3 Å². The van der Waals surface area contributed by atoms with Gasteiger partial charge < -0.3 is 10.3 Å². The number of anilines is 1. The second kappa shape index (κ2) is 3.62. The Morgan fingerprint density at radius 3 is 2.76 bits per heavy atom. The van der Waals surface area contributed by atoms with E-state index >= 15 is 0 Å². The first-order valence-corrected chi connectivity index (χ1v) is 4.49. The summed E-state index contributed by atoms with van der Waals surface area (Å²) in [6.45, 7) is -1.28. The summed E-state index contributed by atoms with van der Waals surface area (Å²) >= 11 is 0. The molecule has 2 rings (SSSR count). The first-order valence-electron chi connectivity index (χ1n) is 4.49. The van der Waals surface area contributed by atoms with Gasteiger partial charge in [-0.15, -0.1) is 0 Å². The van der Waals surface area contributed by atoms with Gasteiger partial charge in [-0.1, -0.05) is 0 Å². The van der Waals surface area contributed by atoms with E-state index in [0.717, 1.165) is 4.57 Å². The van der Waals surface area contributed by atoms with Crippen LogP contribution in [-0.4, -0.2) is 20.7 Å². The Morgan fingerprint density at radius 2 is 2.18 bits per heavy atom. The molecular formula is C9H6F3N5. The fourth-order valence-corrected chi connectivity index (χ4v) is 1.47. The fourth-order valence-electron chi connectivity index (χ4n) is 1.47. The summed E-state index contributed by atoms with van der Waals surface area (Å²) in [5, 5.41) is 8.73. The van der Waals surface area contributed by atoms with Crippen LogP contribution in [0.15, 0.2) is 12.3 Å². The van der Waals surface area contributed by atoms with Crippen LogP contribution in [0.25, 0.3) is 11.0 Å². The summed E-state index contributed by atoms with van der Waals surface area (Å²) in [5.41, 5.74) is 5.74. The molecular weight excluding hydrogens is 235 g/mol. The standard InChI is InChI=1S/C9H6F3N5/c10-9(11,12)4-17-6-1-7(14)15-3-5(6)16-8(17)2-13/h1,3H,4H2,(H2,14,15). The van der Waals surface area contributed by atoms with Gasteiger partial charge in [-0.05, 0) is 0 Å². The lowest BCUT2D eigenvalue weighted by molar-refractivity contribution is -0.140. The van der Waals surface area contributed by atoms with Crippen LogP contribution in [0.1, 0.15) is 5.82 Å². The predicted octanol–water partition coefficient (Wildman–Crippen LogP) is 1.45. The third-order valence-corrected chi connectivity index (χ3v) is 2.09. The third kappa shape index (κ3) is 2.13. The normalized spacial score (nSPS) is 11.6. The monoisotopic (exact) mass is 241 g/mol. The minimum absolute atomic E-state index is 0.0744. The van der Waals surface area contributed by atoms with Crippen molar-refractivity contribution in [1.82, 2.24) is 14.5 Å². The number of nitrogens with two attached hydrogens (primary N) is 1. The van der Waals surface area contributed by atoms with Crippen molar-refractivity contribution in [3.05, 3.63) is 18.1 Å². The smallest absolute Gasteiger partial charge is 0.384 e. The molecule has 8 heteroatoms. The van der Waals surface area contributed by atoms with E-state index in [4.69, 9.17) is 11.0 Å². The van der Waals surface area contributed by atoms with Crippen molar-refractivity contribution in [3.63, 3.8) is 0 Å². The molecule has 2 aromatic rings. The number of hydrogen-bond acceptors (Lipinski definition) is 4. The molecule has 0 radical (unpaired) electrons. The molecule has 2 heterocycles. The Bertz CT molecular complexity index is 607. The van der Waals surface area contributed by atoms with Crippen molar-refractivity contribution in [1.29, 1.82) is 5.26 Å². The Labute approximate surface area is 93.3 Å². The molecule has 0 fully saturated rings. The molecule has 0 saturated carbocycles. The summed E-state index contributed by atoms with van der Waals surface area (Å²) in [4.78, 5) is 7.44. The van der Waals surface area contributed by atoms with E-state index in [2.05, 4.69) is 9.97 Å². The number of aromatic nitrogens is 3. The zero-order chi connectivity index (χ0) is 12.6. The van der Waals surface area contributed by atoms with Crippen molar-refractivity contribution in [2.75, 3.05) is 5.73 Å². The molecule has 5 nitrogen and oxygen atoms in total. The first kappa shape index (κ1) is 11.2. The Kier molecular flexibility index (Phi) is 2.38. The lowest BCUT2D eigenvalue weighted by Gasteiger charge is -2.09. The van der Waals surface area contributed by atoms with Gasteiger partial charge in [-0.25, -0.2) is 9.97 Å². The Hall–Kier alpha value is -2.30. The van der Waals surface area contributed by atoms with Crippen molar-refractivity contribution in [2.24, 2.45) is 0 Å². The maximum absolute atomic E-state index is 12.4. The second-order valence-corrected chi connectivity index (χ2v) is 3.35. The van der Waals surface area contributed by atoms with Gasteiger partial charge in [0.2, 0.25) is 5.82 Å². The summed E-state index contributed by atoms with van der Waals surface area (Å²) in [7, 11) is 0. The van der Waals surface area contributed by atoms with Crippen LogP contribution in [-0.2, 0) is 6.54 Å². The minimum Gasteiger partial charge on any atom is -0.384 e. The topological polar surface area (TPSA) is 80.5 Å². The molecule has 0 bridgehead atoms. The maximum atomic E-state index is 12.4. The molecule has 0 atom stereocenters. The van der Waals surface area contributed by atoms with E-state index in [1.165, 1.54) is 12.3 Å². The van der Waals surface area contributed by atoms with Crippen LogP contribution < -0.4 is 5.73 Å². The maximum Gasteiger partial charge on any atom is 0.406 e. The van der Waals surface area contributed by atoms with Gasteiger partial charge in [0.05, 0.1) is 11.7 Å². The summed E-state index contributed by atoms with van der Waals surface area (Å²) < 4.78 is 37.8. The van der Waals surface area contributed by atoms with Crippen LogP contribution in [0.3, 0.4) is 0 Å². The third-order valence-electron chi connectivity index (χ3n) is 2.09. The highest BCUT2D eigenvalue weighted by atomic mass is 19.4. The highest BCUT2D eigenvalue weighted by molar-refractivity contribution is 5.78. The second-order valence-electron chi connectivity index (χ2n) is 3.35. The number of rotatable bonds is 1. The van der Waals surface area contributed by atoms with Crippen LogP contribution in [0.5, 0.6) is 0 Å². The van der Waals surface area contributed by atoms with Gasteiger partial charge in [0.25, 0.3) is 0 Å². The lowest BCUT2D eigenvalue weighted by Crippen LogP contribution is -2.18. The molecule has 0 aliphatic heterocycles. The van der Waals surface area contributed by atoms with Crippen molar-refractivity contribution < 1.29 is 13.2 Å². The predicted molar refractivity (Wildman–Crippen MR) is 52.7 cm³/mol. The largest absolute Gasteiger partial charge is 0.406 e. The quantitative estimate of drug-likeness (QED) is 0.819. The summed E-state index contributed by atoms with van der Waals surface area (Å²) in [6, 6.07) is 2.87. The molecule has 0 aliphatic carbocycles. The molecule has 88 valence electrons. The molecule has 0 unspecified atom stereocenters. The van der Waals surface area contributed by atoms with Crippen LogP contribution in [0.2, 0.25) is 0 Å². The van der Waals surface area contributed by atoms with E-state index in [1.807, 2.05) is 0 Å². The highest BCUT2D eigenvalue weighted by Crippen LogP contribution is 2.23. The van der Waals surface area contributed by atoms with Crippen LogP contribution >= 0.6 is 0 Å². The highest BCUT2D eigenvalue weighted by Gasteiger charge is 2.30. The van der Waals surface area contributed by atoms with Crippen LogP contribution in [0.4, 0.5) is 19.0 Å². The molecule has 0 amide bonds.